The number of hydrogen-bond donors (Lipinski definition) is 1. The minimum Gasteiger partial charge on any atom is -0.329 e. The molecule has 0 aliphatic heterocycles. The van der Waals surface area contributed by atoms with Gasteiger partial charge in [0, 0.05) is 28.6 Å². The van der Waals surface area contributed by atoms with Gasteiger partial charge in [-0.1, -0.05) is 51.8 Å². The Balaban J connectivity index is 2.18. The number of halogens is 2. The van der Waals surface area contributed by atoms with E-state index in [0.717, 1.165) is 27.2 Å². The van der Waals surface area contributed by atoms with Crippen molar-refractivity contribution in [1.82, 2.24) is 4.90 Å². The first-order chi connectivity index (χ1) is 10.0. The van der Waals surface area contributed by atoms with Crippen molar-refractivity contribution in [2.45, 2.75) is 19.5 Å². The summed E-state index contributed by atoms with van der Waals surface area (Å²) < 4.78 is 1.09. The molecular formula is C17H20BrClN2. The lowest BCUT2D eigenvalue weighted by Crippen LogP contribution is -2.30. The lowest BCUT2D eigenvalue weighted by Gasteiger charge is -2.28. The summed E-state index contributed by atoms with van der Waals surface area (Å²) in [7, 11) is 2.09. The maximum Gasteiger partial charge on any atom is 0.0471 e. The predicted octanol–water partition coefficient (Wildman–Crippen LogP) is 4.54. The molecule has 1 atom stereocenters. The molecule has 4 heteroatoms. The topological polar surface area (TPSA) is 29.3 Å². The largest absolute Gasteiger partial charge is 0.329 e. The van der Waals surface area contributed by atoms with Crippen LogP contribution in [0.5, 0.6) is 0 Å². The minimum absolute atomic E-state index is 0.155. The molecule has 0 fully saturated rings. The maximum absolute atomic E-state index is 6.24. The molecule has 0 aromatic heterocycles. The van der Waals surface area contributed by atoms with Crippen molar-refractivity contribution in [3.63, 3.8) is 0 Å². The van der Waals surface area contributed by atoms with Crippen LogP contribution in [0.4, 0.5) is 0 Å². The molecule has 2 N–H and O–H groups in total. The monoisotopic (exact) mass is 366 g/mol. The van der Waals surface area contributed by atoms with Crippen LogP contribution in [0.15, 0.2) is 46.9 Å². The number of nitrogens with two attached hydrogens (primary N) is 1. The highest BCUT2D eigenvalue weighted by atomic mass is 79.9. The van der Waals surface area contributed by atoms with Gasteiger partial charge in [-0.3, -0.25) is 4.90 Å². The van der Waals surface area contributed by atoms with Crippen molar-refractivity contribution < 1.29 is 0 Å². The van der Waals surface area contributed by atoms with Crippen LogP contribution < -0.4 is 5.73 Å². The Kier molecular flexibility index (Phi) is 5.82. The van der Waals surface area contributed by atoms with E-state index in [1.807, 2.05) is 31.2 Å². The van der Waals surface area contributed by atoms with Gasteiger partial charge >= 0.3 is 0 Å². The maximum atomic E-state index is 6.24. The molecule has 0 saturated heterocycles. The molecule has 0 spiro atoms. The van der Waals surface area contributed by atoms with Gasteiger partial charge in [0.25, 0.3) is 0 Å². The fourth-order valence-corrected chi connectivity index (χ4v) is 3.06. The third-order valence-corrected chi connectivity index (χ3v) is 4.56. The summed E-state index contributed by atoms with van der Waals surface area (Å²) in [4.78, 5) is 2.25. The Morgan fingerprint density at radius 1 is 1.24 bits per heavy atom. The van der Waals surface area contributed by atoms with Crippen molar-refractivity contribution in [2.24, 2.45) is 5.73 Å². The van der Waals surface area contributed by atoms with E-state index in [9.17, 15) is 0 Å². The highest BCUT2D eigenvalue weighted by Crippen LogP contribution is 2.25. The molecule has 0 aliphatic rings. The molecule has 2 rings (SSSR count). The normalized spacial score (nSPS) is 12.7. The molecule has 1 unspecified atom stereocenters. The zero-order chi connectivity index (χ0) is 15.4. The summed E-state index contributed by atoms with van der Waals surface area (Å²) >= 11 is 9.74. The van der Waals surface area contributed by atoms with Crippen molar-refractivity contribution in [2.75, 3.05) is 13.6 Å². The summed E-state index contributed by atoms with van der Waals surface area (Å²) in [6.45, 7) is 3.41. The summed E-state index contributed by atoms with van der Waals surface area (Å²) in [5.41, 5.74) is 9.48. The molecule has 2 aromatic carbocycles. The second-order valence-corrected chi connectivity index (χ2v) is 6.63. The minimum atomic E-state index is 0.155. The average Bonchev–Trinajstić information content (AvgIpc) is 2.43. The fourth-order valence-electron chi connectivity index (χ4n) is 2.42. The number of aryl methyl sites for hydroxylation is 1. The Bertz CT molecular complexity index is 615. The molecule has 112 valence electrons. The molecule has 21 heavy (non-hydrogen) atoms. The highest BCUT2D eigenvalue weighted by molar-refractivity contribution is 9.10. The van der Waals surface area contributed by atoms with Gasteiger partial charge in [0.15, 0.2) is 0 Å². The van der Waals surface area contributed by atoms with Gasteiger partial charge in [0.2, 0.25) is 0 Å². The van der Waals surface area contributed by atoms with Crippen LogP contribution in [-0.4, -0.2) is 18.5 Å². The molecule has 0 heterocycles. The zero-order valence-corrected chi connectivity index (χ0v) is 14.7. The van der Waals surface area contributed by atoms with Crippen molar-refractivity contribution >= 4 is 27.5 Å². The quantitative estimate of drug-likeness (QED) is 0.840. The van der Waals surface area contributed by atoms with Crippen molar-refractivity contribution in [3.05, 3.63) is 68.7 Å². The predicted molar refractivity (Wildman–Crippen MR) is 93.6 cm³/mol. The van der Waals surface area contributed by atoms with Gasteiger partial charge in [0.1, 0.15) is 0 Å². The molecule has 0 bridgehead atoms. The first kappa shape index (κ1) is 16.5. The zero-order valence-electron chi connectivity index (χ0n) is 12.3. The number of nitrogens with zero attached hydrogens (tertiary/aromatic N) is 1. The molecule has 0 amide bonds. The molecule has 2 nitrogen and oxygen atoms in total. The van der Waals surface area contributed by atoms with E-state index in [0.29, 0.717) is 6.54 Å². The third-order valence-electron chi connectivity index (χ3n) is 3.66. The highest BCUT2D eigenvalue weighted by Gasteiger charge is 2.16. The first-order valence-electron chi connectivity index (χ1n) is 6.92. The van der Waals surface area contributed by atoms with Gasteiger partial charge in [-0.25, -0.2) is 0 Å². The molecule has 0 aliphatic carbocycles. The number of likely N-dealkylation sites (N-methyl/N-ethyl adjacent to an activating group) is 1. The lowest BCUT2D eigenvalue weighted by atomic mass is 10.0. The van der Waals surface area contributed by atoms with E-state index in [1.165, 1.54) is 5.56 Å². The Morgan fingerprint density at radius 3 is 2.62 bits per heavy atom. The number of rotatable bonds is 5. The van der Waals surface area contributed by atoms with E-state index in [1.54, 1.807) is 0 Å². The lowest BCUT2D eigenvalue weighted by molar-refractivity contribution is 0.242. The second-order valence-electron chi connectivity index (χ2n) is 5.31. The SMILES string of the molecule is Cc1ccc(C(CN)N(C)Cc2cccc(Br)c2)cc1Cl. The second kappa shape index (κ2) is 7.41. The Morgan fingerprint density at radius 2 is 2.00 bits per heavy atom. The van der Waals surface area contributed by atoms with Crippen LogP contribution in [0.1, 0.15) is 22.7 Å². The van der Waals surface area contributed by atoms with Gasteiger partial charge in [-0.2, -0.15) is 0 Å². The fraction of sp³-hybridized carbons (Fsp3) is 0.294. The van der Waals surface area contributed by atoms with E-state index in [2.05, 4.69) is 46.1 Å². The number of benzene rings is 2. The van der Waals surface area contributed by atoms with Gasteiger partial charge in [-0.05, 0) is 48.9 Å². The average molecular weight is 368 g/mol. The summed E-state index contributed by atoms with van der Waals surface area (Å²) in [5.74, 6) is 0. The van der Waals surface area contributed by atoms with E-state index < -0.39 is 0 Å². The van der Waals surface area contributed by atoms with Crippen LogP contribution in [0.3, 0.4) is 0 Å². The molecule has 0 saturated carbocycles. The van der Waals surface area contributed by atoms with E-state index >= 15 is 0 Å². The van der Waals surface area contributed by atoms with E-state index in [-0.39, 0.29) is 6.04 Å². The van der Waals surface area contributed by atoms with Gasteiger partial charge in [0.05, 0.1) is 0 Å². The standard InChI is InChI=1S/C17H20BrClN2/c1-12-6-7-14(9-16(12)19)17(10-20)21(2)11-13-4-3-5-15(18)8-13/h3-9,17H,10-11,20H2,1-2H3. The van der Waals surface area contributed by atoms with Crippen molar-refractivity contribution in [1.29, 1.82) is 0 Å². The Hall–Kier alpha value is -0.870. The Labute approximate surface area is 140 Å². The third kappa shape index (κ3) is 4.30. The summed E-state index contributed by atoms with van der Waals surface area (Å²) in [5, 5.41) is 0.793. The molecule has 0 radical (unpaired) electrons. The first-order valence-corrected chi connectivity index (χ1v) is 8.09. The van der Waals surface area contributed by atoms with Crippen LogP contribution >= 0.6 is 27.5 Å². The van der Waals surface area contributed by atoms with Crippen LogP contribution in [-0.2, 0) is 6.54 Å². The van der Waals surface area contributed by atoms with Crippen molar-refractivity contribution in [3.8, 4) is 0 Å². The number of hydrogen-bond acceptors (Lipinski definition) is 2. The summed E-state index contributed by atoms with van der Waals surface area (Å²) in [6.07, 6.45) is 0. The van der Waals surface area contributed by atoms with Crippen LogP contribution in [0, 0.1) is 6.92 Å². The molecular weight excluding hydrogens is 348 g/mol. The summed E-state index contributed by atoms with van der Waals surface area (Å²) in [6, 6.07) is 14.7. The van der Waals surface area contributed by atoms with E-state index in [4.69, 9.17) is 17.3 Å². The molecule has 2 aromatic rings. The smallest absolute Gasteiger partial charge is 0.0471 e. The van der Waals surface area contributed by atoms with Crippen LogP contribution in [0.25, 0.3) is 0 Å². The van der Waals surface area contributed by atoms with Crippen LogP contribution in [0.2, 0.25) is 5.02 Å². The van der Waals surface area contributed by atoms with Gasteiger partial charge < -0.3 is 5.73 Å². The van der Waals surface area contributed by atoms with Gasteiger partial charge in [-0.15, -0.1) is 0 Å².